The maximum Gasteiger partial charge on any atom is 0.203 e. The van der Waals surface area contributed by atoms with E-state index in [2.05, 4.69) is 0 Å². The molecule has 1 unspecified atom stereocenters. The molecule has 17 heavy (non-hydrogen) atoms. The van der Waals surface area contributed by atoms with Crippen LogP contribution in [0.1, 0.15) is 11.7 Å². The minimum atomic E-state index is -3.60. The lowest BCUT2D eigenvalue weighted by Gasteiger charge is -2.10. The zero-order valence-corrected chi connectivity index (χ0v) is 9.70. The zero-order valence-electron chi connectivity index (χ0n) is 8.88. The average Bonchev–Trinajstić information content (AvgIpc) is 2.62. The van der Waals surface area contributed by atoms with E-state index < -0.39 is 21.8 Å². The van der Waals surface area contributed by atoms with Crippen molar-refractivity contribution in [1.29, 1.82) is 0 Å². The van der Waals surface area contributed by atoms with Crippen molar-refractivity contribution in [2.45, 2.75) is 11.0 Å². The van der Waals surface area contributed by atoms with Crippen molar-refractivity contribution in [3.63, 3.8) is 0 Å². The Labute approximate surface area is 97.6 Å². The molecule has 1 atom stereocenters. The summed E-state index contributed by atoms with van der Waals surface area (Å²) in [7, 11) is -3.60. The van der Waals surface area contributed by atoms with Crippen molar-refractivity contribution in [3.05, 3.63) is 41.9 Å². The van der Waals surface area contributed by atoms with Crippen LogP contribution in [0.25, 0.3) is 0 Å². The van der Waals surface area contributed by atoms with Crippen molar-refractivity contribution >= 4 is 15.6 Å². The van der Waals surface area contributed by atoms with Crippen LogP contribution in [0.3, 0.4) is 0 Å². The normalized spacial score (nSPS) is 19.4. The molecule has 0 bridgehead atoms. The van der Waals surface area contributed by atoms with Crippen LogP contribution in [0.4, 0.5) is 4.39 Å². The lowest BCUT2D eigenvalue weighted by atomic mass is 10.1. The number of ether oxygens (including phenoxy) is 1. The average molecular weight is 256 g/mol. The Morgan fingerprint density at radius 3 is 2.53 bits per heavy atom. The van der Waals surface area contributed by atoms with Gasteiger partial charge in [-0.1, -0.05) is 6.07 Å². The molecule has 1 aliphatic rings. The number of halogens is 1. The highest BCUT2D eigenvalue weighted by molar-refractivity contribution is 7.90. The number of carbonyl (C=O) groups excluding carboxylic acids is 1. The predicted octanol–water partition coefficient (Wildman–Crippen LogP) is 1.38. The quantitative estimate of drug-likeness (QED) is 0.802. The van der Waals surface area contributed by atoms with Crippen LogP contribution in [0.5, 0.6) is 0 Å². The number of sulfone groups is 1. The molecule has 0 aliphatic carbocycles. The second-order valence-electron chi connectivity index (χ2n) is 3.68. The number of benzene rings is 1. The van der Waals surface area contributed by atoms with Gasteiger partial charge in [0.25, 0.3) is 0 Å². The van der Waals surface area contributed by atoms with Crippen LogP contribution >= 0.6 is 0 Å². The van der Waals surface area contributed by atoms with E-state index in [9.17, 15) is 17.6 Å². The van der Waals surface area contributed by atoms with E-state index in [1.165, 1.54) is 18.4 Å². The molecule has 0 radical (unpaired) electrons. The van der Waals surface area contributed by atoms with Gasteiger partial charge in [-0.05, 0) is 12.1 Å². The van der Waals surface area contributed by atoms with Crippen molar-refractivity contribution < 1.29 is 22.3 Å². The summed E-state index contributed by atoms with van der Waals surface area (Å²) in [6.45, 7) is 0. The summed E-state index contributed by atoms with van der Waals surface area (Å²) in [6, 6.07) is 3.51. The molecule has 1 aromatic rings. The molecule has 2 rings (SSSR count). The highest BCUT2D eigenvalue weighted by Crippen LogP contribution is 2.26. The maximum absolute atomic E-state index is 13.6. The molecule has 0 spiro atoms. The van der Waals surface area contributed by atoms with E-state index in [-0.39, 0.29) is 10.7 Å². The molecule has 0 fully saturated rings. The van der Waals surface area contributed by atoms with Crippen molar-refractivity contribution in [2.24, 2.45) is 0 Å². The Morgan fingerprint density at radius 1 is 1.35 bits per heavy atom. The fraction of sp³-hybridized carbons (Fsp3) is 0.182. The second kappa shape index (κ2) is 3.96. The van der Waals surface area contributed by atoms with Gasteiger partial charge >= 0.3 is 0 Å². The van der Waals surface area contributed by atoms with Gasteiger partial charge in [0.1, 0.15) is 10.7 Å². The molecule has 6 heteroatoms. The fourth-order valence-electron chi connectivity index (χ4n) is 1.56. The van der Waals surface area contributed by atoms with Gasteiger partial charge in [0.2, 0.25) is 5.78 Å². The smallest absolute Gasteiger partial charge is 0.203 e. The molecule has 90 valence electrons. The minimum Gasteiger partial charge on any atom is -0.485 e. The lowest BCUT2D eigenvalue weighted by Crippen LogP contribution is -2.08. The predicted molar refractivity (Wildman–Crippen MR) is 57.5 cm³/mol. The van der Waals surface area contributed by atoms with Crippen LogP contribution in [0, 0.1) is 5.82 Å². The van der Waals surface area contributed by atoms with Crippen LogP contribution < -0.4 is 0 Å². The van der Waals surface area contributed by atoms with Gasteiger partial charge in [0, 0.05) is 17.9 Å². The summed E-state index contributed by atoms with van der Waals surface area (Å²) >= 11 is 0. The van der Waals surface area contributed by atoms with Crippen molar-refractivity contribution in [3.8, 4) is 0 Å². The van der Waals surface area contributed by atoms with Crippen LogP contribution in [-0.2, 0) is 19.4 Å². The van der Waals surface area contributed by atoms with Crippen molar-refractivity contribution in [2.75, 3.05) is 6.26 Å². The topological polar surface area (TPSA) is 60.4 Å². The van der Waals surface area contributed by atoms with E-state index in [0.717, 1.165) is 18.4 Å². The Hall–Kier alpha value is -1.69. The minimum absolute atomic E-state index is 0.295. The molecule has 0 amide bonds. The number of hydrogen-bond acceptors (Lipinski definition) is 4. The summed E-state index contributed by atoms with van der Waals surface area (Å²) in [5.41, 5.74) is 0.296. The van der Waals surface area contributed by atoms with Gasteiger partial charge in [-0.25, -0.2) is 12.8 Å². The molecule has 0 N–H and O–H groups in total. The van der Waals surface area contributed by atoms with Gasteiger partial charge in [-0.2, -0.15) is 0 Å². The van der Waals surface area contributed by atoms with Gasteiger partial charge in [-0.15, -0.1) is 0 Å². The summed E-state index contributed by atoms with van der Waals surface area (Å²) in [4.78, 5) is 10.9. The van der Waals surface area contributed by atoms with E-state index in [0.29, 0.717) is 5.56 Å². The summed E-state index contributed by atoms with van der Waals surface area (Å²) in [5, 5.41) is 0. The number of hydrogen-bond donors (Lipinski definition) is 0. The van der Waals surface area contributed by atoms with E-state index in [1.54, 1.807) is 0 Å². The second-order valence-corrected chi connectivity index (χ2v) is 5.67. The van der Waals surface area contributed by atoms with Gasteiger partial charge in [0.05, 0.1) is 6.26 Å². The number of carbonyl (C=O) groups is 1. The molecule has 1 aromatic carbocycles. The third-order valence-electron chi connectivity index (χ3n) is 2.36. The molecule has 0 saturated carbocycles. The summed E-state index contributed by atoms with van der Waals surface area (Å²) < 4.78 is 40.9. The zero-order chi connectivity index (χ0) is 12.6. The Kier molecular flexibility index (Phi) is 2.74. The van der Waals surface area contributed by atoms with Crippen LogP contribution in [-0.4, -0.2) is 20.5 Å². The third kappa shape index (κ3) is 2.21. The van der Waals surface area contributed by atoms with Crippen molar-refractivity contribution in [1.82, 2.24) is 0 Å². The monoisotopic (exact) mass is 256 g/mol. The van der Waals surface area contributed by atoms with E-state index in [1.807, 2.05) is 0 Å². The van der Waals surface area contributed by atoms with Gasteiger partial charge in [0.15, 0.2) is 15.9 Å². The lowest BCUT2D eigenvalue weighted by molar-refractivity contribution is -0.120. The molecular formula is C11H9FO4S. The van der Waals surface area contributed by atoms with Crippen LogP contribution in [0.15, 0.2) is 35.4 Å². The first-order chi connectivity index (χ1) is 7.89. The highest BCUT2D eigenvalue weighted by Gasteiger charge is 2.25. The number of rotatable bonds is 2. The Bertz CT molecular complexity index is 604. The molecule has 4 nitrogen and oxygen atoms in total. The summed E-state index contributed by atoms with van der Waals surface area (Å²) in [6.07, 6.45) is 2.52. The Balaban J connectivity index is 2.42. The largest absolute Gasteiger partial charge is 0.485 e. The third-order valence-corrected chi connectivity index (χ3v) is 3.49. The van der Waals surface area contributed by atoms with Gasteiger partial charge in [-0.3, -0.25) is 4.79 Å². The molecular weight excluding hydrogens is 247 g/mol. The maximum atomic E-state index is 13.6. The van der Waals surface area contributed by atoms with E-state index in [4.69, 9.17) is 4.74 Å². The van der Waals surface area contributed by atoms with Crippen LogP contribution in [0.2, 0.25) is 0 Å². The molecule has 1 heterocycles. The first kappa shape index (κ1) is 11.8. The van der Waals surface area contributed by atoms with Gasteiger partial charge < -0.3 is 4.74 Å². The highest BCUT2D eigenvalue weighted by atomic mass is 32.2. The fourth-order valence-corrected chi connectivity index (χ4v) is 2.29. The standard InChI is InChI=1S/C11H9FO4S/c1-17(14,15)10-3-2-7(6-8(10)12)11-9(13)4-5-16-11/h2-6,11H,1H3. The summed E-state index contributed by atoms with van der Waals surface area (Å²) in [5.74, 6) is -1.18. The molecule has 1 aliphatic heterocycles. The molecule has 0 saturated heterocycles. The number of ketones is 1. The Morgan fingerprint density at radius 2 is 2.06 bits per heavy atom. The van der Waals surface area contributed by atoms with E-state index >= 15 is 0 Å². The SMILES string of the molecule is CS(=O)(=O)c1ccc(C2OC=CC2=O)cc1F. The first-order valence-electron chi connectivity index (χ1n) is 4.75. The molecule has 0 aromatic heterocycles. The first-order valence-corrected chi connectivity index (χ1v) is 6.64.